The summed E-state index contributed by atoms with van der Waals surface area (Å²) in [6.45, 7) is 0. The fraction of sp³-hybridized carbons (Fsp3) is 0. The Morgan fingerprint density at radius 3 is 1.30 bits per heavy atom. The van der Waals surface area contributed by atoms with E-state index in [1.165, 1.54) is 104 Å². The van der Waals surface area contributed by atoms with Gasteiger partial charge in [0.05, 0.1) is 0 Å². The van der Waals surface area contributed by atoms with E-state index >= 15 is 0 Å². The molecule has 0 unspecified atom stereocenters. The average molecular weight is 876 g/mol. The van der Waals surface area contributed by atoms with E-state index in [0.29, 0.717) is 0 Å². The Balaban J connectivity index is 0.980. The van der Waals surface area contributed by atoms with Gasteiger partial charge in [-0.15, -0.1) is 0 Å². The molecule has 0 amide bonds. The van der Waals surface area contributed by atoms with E-state index < -0.39 is 0 Å². The van der Waals surface area contributed by atoms with Crippen molar-refractivity contribution >= 4 is 70.9 Å². The molecule has 0 atom stereocenters. The maximum absolute atomic E-state index is 2.42. The molecule has 0 heterocycles. The minimum absolute atomic E-state index is 1.08. The molecule has 13 rings (SSSR count). The van der Waals surface area contributed by atoms with Crippen molar-refractivity contribution in [1.29, 1.82) is 0 Å². The Morgan fingerprint density at radius 1 is 0.188 bits per heavy atom. The summed E-state index contributed by atoms with van der Waals surface area (Å²) < 4.78 is 0. The monoisotopic (exact) mass is 875 g/mol. The lowest BCUT2D eigenvalue weighted by molar-refractivity contribution is 1.28. The highest BCUT2D eigenvalue weighted by Crippen LogP contribution is 2.47. The molecule has 13 aromatic carbocycles. The standard InChI is InChI=1S/C68H45N/c1-3-18-48(19-4-1)67-64-32-14-13-30-61(64)63-40-37-54(44-66(63)68(67)49-20-5-2-6-21-49)52-25-16-27-58(43-52)69(57-26-15-24-51(42-57)53-34-33-46-17-7-8-22-50(46)41-53)56-38-35-47(36-39-56)65-45-55-23-9-10-28-59(55)60-29-11-12-31-62(60)65/h1-45H. The predicted octanol–water partition coefficient (Wildman–Crippen LogP) is 19.3. The smallest absolute Gasteiger partial charge is 0.0467 e. The normalized spacial score (nSPS) is 11.5. The number of rotatable bonds is 8. The van der Waals surface area contributed by atoms with Crippen LogP contribution in [0.1, 0.15) is 0 Å². The predicted molar refractivity (Wildman–Crippen MR) is 296 cm³/mol. The molecular formula is C68H45N. The topological polar surface area (TPSA) is 3.24 Å². The third-order valence-corrected chi connectivity index (χ3v) is 14.0. The van der Waals surface area contributed by atoms with Crippen molar-refractivity contribution in [2.75, 3.05) is 4.90 Å². The molecule has 13 aromatic rings. The number of nitrogens with zero attached hydrogens (tertiary/aromatic N) is 1. The number of fused-ring (bicyclic) bond motifs is 7. The van der Waals surface area contributed by atoms with Gasteiger partial charge in [-0.3, -0.25) is 0 Å². The van der Waals surface area contributed by atoms with Crippen molar-refractivity contribution in [2.24, 2.45) is 0 Å². The summed E-state index contributed by atoms with van der Waals surface area (Å²) >= 11 is 0. The van der Waals surface area contributed by atoms with Gasteiger partial charge >= 0.3 is 0 Å². The average Bonchev–Trinajstić information content (AvgIpc) is 3.43. The third-order valence-electron chi connectivity index (χ3n) is 14.0. The fourth-order valence-electron chi connectivity index (χ4n) is 10.7. The van der Waals surface area contributed by atoms with Crippen LogP contribution in [-0.2, 0) is 0 Å². The van der Waals surface area contributed by atoms with Crippen LogP contribution in [0.4, 0.5) is 17.1 Å². The number of benzene rings is 13. The molecule has 0 aromatic heterocycles. The lowest BCUT2D eigenvalue weighted by atomic mass is 9.84. The Bertz CT molecular complexity index is 4060. The van der Waals surface area contributed by atoms with E-state index in [4.69, 9.17) is 0 Å². The molecule has 0 N–H and O–H groups in total. The van der Waals surface area contributed by atoms with E-state index in [9.17, 15) is 0 Å². The van der Waals surface area contributed by atoms with Crippen molar-refractivity contribution in [1.82, 2.24) is 0 Å². The SMILES string of the molecule is c1ccc(-c2c(-c3ccccc3)c3cc(-c4cccc(N(c5ccc(-c6cc7ccccc7c7ccccc67)cc5)c5cccc(-c6ccc7ccccc7c6)c5)c4)ccc3c3ccccc23)cc1. The lowest BCUT2D eigenvalue weighted by Gasteiger charge is -2.27. The van der Waals surface area contributed by atoms with Crippen LogP contribution in [0.2, 0.25) is 0 Å². The van der Waals surface area contributed by atoms with Gasteiger partial charge in [0, 0.05) is 17.1 Å². The van der Waals surface area contributed by atoms with Crippen LogP contribution in [-0.4, -0.2) is 0 Å². The summed E-state index contributed by atoms with van der Waals surface area (Å²) in [6, 6.07) is 100. The van der Waals surface area contributed by atoms with E-state index in [1.807, 2.05) is 0 Å². The van der Waals surface area contributed by atoms with Crippen molar-refractivity contribution in [2.45, 2.75) is 0 Å². The summed E-state index contributed by atoms with van der Waals surface area (Å²) in [6.07, 6.45) is 0. The highest BCUT2D eigenvalue weighted by molar-refractivity contribution is 6.22. The van der Waals surface area contributed by atoms with Gasteiger partial charge in [-0.2, -0.15) is 0 Å². The zero-order valence-corrected chi connectivity index (χ0v) is 37.9. The van der Waals surface area contributed by atoms with E-state index in [2.05, 4.69) is 278 Å². The quantitative estimate of drug-likeness (QED) is 0.138. The van der Waals surface area contributed by atoms with Crippen LogP contribution in [0.3, 0.4) is 0 Å². The van der Waals surface area contributed by atoms with Gasteiger partial charge in [0.15, 0.2) is 0 Å². The third kappa shape index (κ3) is 7.20. The van der Waals surface area contributed by atoms with Crippen LogP contribution < -0.4 is 4.90 Å². The van der Waals surface area contributed by atoms with Gasteiger partial charge in [-0.25, -0.2) is 0 Å². The molecule has 1 heteroatoms. The van der Waals surface area contributed by atoms with E-state index in [0.717, 1.165) is 22.6 Å². The largest absolute Gasteiger partial charge is 0.310 e. The maximum Gasteiger partial charge on any atom is 0.0467 e. The number of hydrogen-bond acceptors (Lipinski definition) is 1. The lowest BCUT2D eigenvalue weighted by Crippen LogP contribution is -2.10. The Kier molecular flexibility index (Phi) is 9.91. The van der Waals surface area contributed by atoms with Crippen LogP contribution >= 0.6 is 0 Å². The second-order valence-electron chi connectivity index (χ2n) is 18.0. The zero-order chi connectivity index (χ0) is 45.7. The molecule has 0 aliphatic heterocycles. The minimum atomic E-state index is 1.08. The first kappa shape index (κ1) is 40.3. The minimum Gasteiger partial charge on any atom is -0.310 e. The second kappa shape index (κ2) is 17.0. The Morgan fingerprint density at radius 2 is 0.638 bits per heavy atom. The summed E-state index contributed by atoms with van der Waals surface area (Å²) in [4.78, 5) is 2.41. The van der Waals surface area contributed by atoms with Gasteiger partial charge in [-0.1, -0.05) is 218 Å². The highest BCUT2D eigenvalue weighted by atomic mass is 15.1. The molecule has 0 spiro atoms. The molecule has 0 aliphatic rings. The molecular weight excluding hydrogens is 831 g/mol. The molecule has 322 valence electrons. The first-order valence-corrected chi connectivity index (χ1v) is 23.8. The van der Waals surface area contributed by atoms with Crippen molar-refractivity contribution in [3.05, 3.63) is 273 Å². The number of anilines is 3. The summed E-state index contributed by atoms with van der Waals surface area (Å²) in [5.41, 5.74) is 15.3. The molecule has 0 bridgehead atoms. The molecule has 0 aliphatic carbocycles. The molecule has 0 fully saturated rings. The van der Waals surface area contributed by atoms with Gasteiger partial charge in [0.1, 0.15) is 0 Å². The Labute approximate surface area is 402 Å². The first-order valence-electron chi connectivity index (χ1n) is 23.8. The molecule has 0 saturated carbocycles. The second-order valence-corrected chi connectivity index (χ2v) is 18.0. The van der Waals surface area contributed by atoms with E-state index in [-0.39, 0.29) is 0 Å². The van der Waals surface area contributed by atoms with Gasteiger partial charge in [-0.05, 0) is 164 Å². The van der Waals surface area contributed by atoms with Gasteiger partial charge < -0.3 is 4.90 Å². The van der Waals surface area contributed by atoms with Gasteiger partial charge in [0.2, 0.25) is 0 Å². The molecule has 69 heavy (non-hydrogen) atoms. The van der Waals surface area contributed by atoms with Crippen LogP contribution in [0.15, 0.2) is 273 Å². The van der Waals surface area contributed by atoms with Crippen LogP contribution in [0.25, 0.3) is 109 Å². The molecule has 0 saturated heterocycles. The first-order chi connectivity index (χ1) is 34.2. The summed E-state index contributed by atoms with van der Waals surface area (Å²) in [5, 5.41) is 12.5. The summed E-state index contributed by atoms with van der Waals surface area (Å²) in [7, 11) is 0. The fourth-order valence-corrected chi connectivity index (χ4v) is 10.7. The molecule has 1 nitrogen and oxygen atoms in total. The zero-order valence-electron chi connectivity index (χ0n) is 37.9. The van der Waals surface area contributed by atoms with Crippen molar-refractivity contribution in [3.8, 4) is 55.6 Å². The van der Waals surface area contributed by atoms with Crippen LogP contribution in [0.5, 0.6) is 0 Å². The summed E-state index contributed by atoms with van der Waals surface area (Å²) in [5.74, 6) is 0. The Hall–Kier alpha value is -9.04. The maximum atomic E-state index is 2.42. The van der Waals surface area contributed by atoms with E-state index in [1.54, 1.807) is 0 Å². The van der Waals surface area contributed by atoms with Crippen molar-refractivity contribution in [3.63, 3.8) is 0 Å². The number of hydrogen-bond donors (Lipinski definition) is 0. The van der Waals surface area contributed by atoms with Gasteiger partial charge in [0.25, 0.3) is 0 Å². The molecule has 0 radical (unpaired) electrons. The highest BCUT2D eigenvalue weighted by Gasteiger charge is 2.20. The van der Waals surface area contributed by atoms with Crippen LogP contribution in [0, 0.1) is 0 Å². The van der Waals surface area contributed by atoms with Crippen molar-refractivity contribution < 1.29 is 0 Å².